The molecule has 0 fully saturated rings. The predicted molar refractivity (Wildman–Crippen MR) is 48.5 cm³/mol. The predicted octanol–water partition coefficient (Wildman–Crippen LogP) is 2.95. The summed E-state index contributed by atoms with van der Waals surface area (Å²) < 4.78 is 0. The Kier molecular flexibility index (Phi) is 3.03. The second-order valence-corrected chi connectivity index (χ2v) is 3.07. The lowest BCUT2D eigenvalue weighted by Crippen LogP contribution is -1.81. The number of hydrogen-bond acceptors (Lipinski definition) is 2. The summed E-state index contributed by atoms with van der Waals surface area (Å²) in [4.78, 5) is 13.3. The Balaban J connectivity index is 2.92. The van der Waals surface area contributed by atoms with Gasteiger partial charge in [0, 0.05) is 0 Å². The van der Waals surface area contributed by atoms with E-state index >= 15 is 0 Å². The molecule has 0 radical (unpaired) electrons. The van der Waals surface area contributed by atoms with Crippen molar-refractivity contribution >= 4 is 23.4 Å². The molecule has 1 rings (SSSR count). The minimum Gasteiger partial charge on any atom is -0.211 e. The maximum Gasteiger partial charge on any atom is 0.240 e. The maximum atomic E-state index is 9.88. The van der Waals surface area contributed by atoms with E-state index in [1.54, 1.807) is 12.1 Å². The number of hydrogen-bond donors (Lipinski definition) is 0. The fourth-order valence-electron chi connectivity index (χ4n) is 0.867. The van der Waals surface area contributed by atoms with E-state index in [9.17, 15) is 4.79 Å². The highest BCUT2D eigenvalue weighted by atomic mass is 35.5. The molecule has 0 aliphatic carbocycles. The highest BCUT2D eigenvalue weighted by Crippen LogP contribution is 2.21. The van der Waals surface area contributed by atoms with Crippen LogP contribution in [0.25, 0.3) is 0 Å². The van der Waals surface area contributed by atoms with Gasteiger partial charge in [-0.3, -0.25) is 0 Å². The fraction of sp³-hybridized carbons (Fsp3) is 0.222. The van der Waals surface area contributed by atoms with E-state index in [1.165, 1.54) is 6.08 Å². The Bertz CT molecular complexity index is 299. The molecule has 0 bridgehead atoms. The van der Waals surface area contributed by atoms with Crippen LogP contribution in [0, 0.1) is 0 Å². The number of alkyl halides is 1. The van der Waals surface area contributed by atoms with Gasteiger partial charge in [0.25, 0.3) is 0 Å². The molecule has 1 unspecified atom stereocenters. The van der Waals surface area contributed by atoms with Gasteiger partial charge in [-0.2, -0.15) is 4.99 Å². The van der Waals surface area contributed by atoms with E-state index < -0.39 is 0 Å². The lowest BCUT2D eigenvalue weighted by atomic mass is 10.1. The third-order valence-electron chi connectivity index (χ3n) is 1.53. The van der Waals surface area contributed by atoms with Crippen LogP contribution in [-0.4, -0.2) is 6.08 Å². The first-order valence-corrected chi connectivity index (χ1v) is 3.99. The Morgan fingerprint density at radius 3 is 2.42 bits per heavy atom. The van der Waals surface area contributed by atoms with Gasteiger partial charge in [0.1, 0.15) is 0 Å². The zero-order valence-electron chi connectivity index (χ0n) is 6.62. The smallest absolute Gasteiger partial charge is 0.211 e. The SMILES string of the molecule is CC(Cl)c1ccc(N=C=O)cc1. The average Bonchev–Trinajstić information content (AvgIpc) is 2.06. The molecule has 0 aliphatic rings. The quantitative estimate of drug-likeness (QED) is 0.392. The first-order chi connectivity index (χ1) is 5.74. The van der Waals surface area contributed by atoms with Gasteiger partial charge in [0.2, 0.25) is 6.08 Å². The molecule has 0 heterocycles. The van der Waals surface area contributed by atoms with Gasteiger partial charge in [-0.15, -0.1) is 11.6 Å². The van der Waals surface area contributed by atoms with Crippen molar-refractivity contribution in [3.05, 3.63) is 29.8 Å². The maximum absolute atomic E-state index is 9.88. The van der Waals surface area contributed by atoms with E-state index in [-0.39, 0.29) is 5.38 Å². The zero-order chi connectivity index (χ0) is 8.97. The highest BCUT2D eigenvalue weighted by Gasteiger charge is 1.99. The summed E-state index contributed by atoms with van der Waals surface area (Å²) in [5.41, 5.74) is 1.62. The molecule has 0 saturated heterocycles. The van der Waals surface area contributed by atoms with Crippen LogP contribution < -0.4 is 0 Å². The number of halogens is 1. The van der Waals surface area contributed by atoms with Crippen LogP contribution in [0.1, 0.15) is 17.9 Å². The van der Waals surface area contributed by atoms with Crippen LogP contribution >= 0.6 is 11.6 Å². The summed E-state index contributed by atoms with van der Waals surface area (Å²) in [7, 11) is 0. The molecule has 0 saturated carbocycles. The molecule has 0 spiro atoms. The molecular formula is C9H8ClNO. The van der Waals surface area contributed by atoms with Crippen LogP contribution in [-0.2, 0) is 4.79 Å². The summed E-state index contributed by atoms with van der Waals surface area (Å²) in [5, 5.41) is -0.0146. The van der Waals surface area contributed by atoms with Crippen LogP contribution in [0.15, 0.2) is 29.3 Å². The molecule has 1 aromatic rings. The van der Waals surface area contributed by atoms with Crippen molar-refractivity contribution in [2.45, 2.75) is 12.3 Å². The third kappa shape index (κ3) is 2.19. The minimum atomic E-state index is -0.0146. The summed E-state index contributed by atoms with van der Waals surface area (Å²) >= 11 is 5.82. The Hall–Kier alpha value is -1.11. The first kappa shape index (κ1) is 8.98. The highest BCUT2D eigenvalue weighted by molar-refractivity contribution is 6.20. The van der Waals surface area contributed by atoms with Crippen molar-refractivity contribution in [1.82, 2.24) is 0 Å². The van der Waals surface area contributed by atoms with E-state index in [1.807, 2.05) is 19.1 Å². The summed E-state index contributed by atoms with van der Waals surface area (Å²) in [6.45, 7) is 1.89. The van der Waals surface area contributed by atoms with E-state index in [0.717, 1.165) is 5.56 Å². The normalized spacial score (nSPS) is 11.8. The lowest BCUT2D eigenvalue weighted by Gasteiger charge is -2.01. The number of isocyanates is 1. The molecule has 1 aromatic carbocycles. The zero-order valence-corrected chi connectivity index (χ0v) is 7.38. The van der Waals surface area contributed by atoms with Gasteiger partial charge in [-0.25, -0.2) is 4.79 Å². The van der Waals surface area contributed by atoms with Crippen LogP contribution in [0.2, 0.25) is 0 Å². The van der Waals surface area contributed by atoms with Crippen molar-refractivity contribution < 1.29 is 4.79 Å². The lowest BCUT2D eigenvalue weighted by molar-refractivity contribution is 0.565. The number of nitrogens with zero attached hydrogens (tertiary/aromatic N) is 1. The Morgan fingerprint density at radius 1 is 1.42 bits per heavy atom. The van der Waals surface area contributed by atoms with Gasteiger partial charge in [0.05, 0.1) is 11.1 Å². The van der Waals surface area contributed by atoms with Gasteiger partial charge >= 0.3 is 0 Å². The van der Waals surface area contributed by atoms with E-state index in [2.05, 4.69) is 4.99 Å². The monoisotopic (exact) mass is 181 g/mol. The van der Waals surface area contributed by atoms with Crippen molar-refractivity contribution in [3.8, 4) is 0 Å². The molecule has 0 aliphatic heterocycles. The van der Waals surface area contributed by atoms with E-state index in [4.69, 9.17) is 11.6 Å². The van der Waals surface area contributed by atoms with E-state index in [0.29, 0.717) is 5.69 Å². The topological polar surface area (TPSA) is 29.4 Å². The number of rotatable bonds is 2. The van der Waals surface area contributed by atoms with Crippen LogP contribution in [0.4, 0.5) is 5.69 Å². The number of carbonyl (C=O) groups excluding carboxylic acids is 1. The number of benzene rings is 1. The first-order valence-electron chi connectivity index (χ1n) is 3.56. The summed E-state index contributed by atoms with van der Waals surface area (Å²) in [5.74, 6) is 0. The molecule has 12 heavy (non-hydrogen) atoms. The standard InChI is InChI=1S/C9H8ClNO/c1-7(10)8-2-4-9(5-3-8)11-6-12/h2-5,7H,1H3. The molecule has 1 atom stereocenters. The van der Waals surface area contributed by atoms with Gasteiger partial charge in [0.15, 0.2) is 0 Å². The van der Waals surface area contributed by atoms with Crippen LogP contribution in [0.3, 0.4) is 0 Å². The largest absolute Gasteiger partial charge is 0.240 e. The fourth-order valence-corrected chi connectivity index (χ4v) is 1.01. The van der Waals surface area contributed by atoms with Gasteiger partial charge in [-0.05, 0) is 24.6 Å². The van der Waals surface area contributed by atoms with Crippen LogP contribution in [0.5, 0.6) is 0 Å². The van der Waals surface area contributed by atoms with Gasteiger partial charge < -0.3 is 0 Å². The third-order valence-corrected chi connectivity index (χ3v) is 1.78. The second-order valence-electron chi connectivity index (χ2n) is 2.41. The summed E-state index contributed by atoms with van der Waals surface area (Å²) in [6.07, 6.45) is 1.47. The van der Waals surface area contributed by atoms with Crippen molar-refractivity contribution in [2.24, 2.45) is 4.99 Å². The van der Waals surface area contributed by atoms with Crippen molar-refractivity contribution in [1.29, 1.82) is 0 Å². The molecular weight excluding hydrogens is 174 g/mol. The Morgan fingerprint density at radius 2 is 2.00 bits per heavy atom. The molecule has 0 amide bonds. The minimum absolute atomic E-state index is 0.0146. The molecule has 62 valence electrons. The second kappa shape index (κ2) is 4.05. The molecule has 0 N–H and O–H groups in total. The molecule has 0 aromatic heterocycles. The molecule has 3 heteroatoms. The van der Waals surface area contributed by atoms with Crippen molar-refractivity contribution in [3.63, 3.8) is 0 Å². The van der Waals surface area contributed by atoms with Gasteiger partial charge in [-0.1, -0.05) is 12.1 Å². The average molecular weight is 182 g/mol. The summed E-state index contributed by atoms with van der Waals surface area (Å²) in [6, 6.07) is 7.15. The Labute approximate surface area is 75.9 Å². The molecule has 2 nitrogen and oxygen atoms in total. The number of aliphatic imine (C=N–C) groups is 1. The van der Waals surface area contributed by atoms with Crippen molar-refractivity contribution in [2.75, 3.05) is 0 Å².